The highest BCUT2D eigenvalue weighted by Gasteiger charge is 2.35. The first kappa shape index (κ1) is 23.8. The first-order valence-corrected chi connectivity index (χ1v) is 12.0. The van der Waals surface area contributed by atoms with Crippen molar-refractivity contribution in [2.45, 2.75) is 51.0 Å². The van der Waals surface area contributed by atoms with Gasteiger partial charge in [0.25, 0.3) is 0 Å². The molecule has 1 saturated carbocycles. The van der Waals surface area contributed by atoms with Crippen molar-refractivity contribution in [1.29, 1.82) is 0 Å². The maximum Gasteiger partial charge on any atom is 0.407 e. The average Bonchev–Trinajstić information content (AvgIpc) is 3.12. The molecule has 4 rings (SSSR count). The van der Waals surface area contributed by atoms with E-state index in [1.807, 2.05) is 31.2 Å². The molecule has 0 radical (unpaired) electrons. The maximum absolute atomic E-state index is 12.8. The van der Waals surface area contributed by atoms with Crippen molar-refractivity contribution in [2.75, 3.05) is 13.2 Å². The molecule has 180 valence electrons. The highest BCUT2D eigenvalue weighted by Crippen LogP contribution is 2.44. The lowest BCUT2D eigenvalue weighted by Crippen LogP contribution is -2.53. The van der Waals surface area contributed by atoms with Gasteiger partial charge in [-0.2, -0.15) is 0 Å². The molecule has 2 aliphatic carbocycles. The van der Waals surface area contributed by atoms with Gasteiger partial charge < -0.3 is 20.5 Å². The number of rotatable bonds is 10. The molecule has 3 N–H and O–H groups in total. The average molecular weight is 465 g/mol. The van der Waals surface area contributed by atoms with Gasteiger partial charge in [0.2, 0.25) is 5.91 Å². The quantitative estimate of drug-likeness (QED) is 0.486. The topological polar surface area (TPSA) is 105 Å². The van der Waals surface area contributed by atoms with E-state index in [2.05, 4.69) is 34.9 Å². The summed E-state index contributed by atoms with van der Waals surface area (Å²) in [6.45, 7) is 2.48. The van der Waals surface area contributed by atoms with Gasteiger partial charge in [0.05, 0.1) is 0 Å². The number of nitrogens with one attached hydrogen (secondary N) is 2. The minimum atomic E-state index is -0.845. The summed E-state index contributed by atoms with van der Waals surface area (Å²) in [5.41, 5.74) is 4.60. The lowest BCUT2D eigenvalue weighted by molar-refractivity contribution is -0.137. The molecule has 0 spiro atoms. The lowest BCUT2D eigenvalue weighted by atomic mass is 9.79. The molecule has 2 aromatic carbocycles. The Morgan fingerprint density at radius 1 is 1.03 bits per heavy atom. The molecule has 2 atom stereocenters. The standard InChI is InChI=1S/C27H32N2O5/c1-17(13-14-24(30)31)15-28-26(32)25(18-7-6-8-18)29-27(33)34-16-23-21-11-4-2-9-19(21)20-10-3-5-12-22(20)23/h2-5,9-12,17-18,23,25H,6-8,13-16H2,1H3,(H,28,32)(H,29,33)(H,30,31). The van der Waals surface area contributed by atoms with Gasteiger partial charge in [0.1, 0.15) is 12.6 Å². The monoisotopic (exact) mass is 464 g/mol. The van der Waals surface area contributed by atoms with Crippen molar-refractivity contribution in [2.24, 2.45) is 11.8 Å². The number of carboxylic acid groups (broad SMARTS) is 1. The van der Waals surface area contributed by atoms with Crippen LogP contribution in [0.3, 0.4) is 0 Å². The van der Waals surface area contributed by atoms with Crippen molar-refractivity contribution in [1.82, 2.24) is 10.6 Å². The van der Waals surface area contributed by atoms with E-state index in [0.717, 1.165) is 41.5 Å². The molecule has 0 aliphatic heterocycles. The van der Waals surface area contributed by atoms with Crippen LogP contribution in [0.1, 0.15) is 56.1 Å². The Morgan fingerprint density at radius 2 is 1.65 bits per heavy atom. The normalized spacial score (nSPS) is 16.5. The van der Waals surface area contributed by atoms with Gasteiger partial charge in [-0.25, -0.2) is 4.79 Å². The third-order valence-electron chi connectivity index (χ3n) is 7.00. The van der Waals surface area contributed by atoms with Crippen LogP contribution in [-0.2, 0) is 14.3 Å². The second kappa shape index (κ2) is 10.7. The Balaban J connectivity index is 1.34. The van der Waals surface area contributed by atoms with Crippen molar-refractivity contribution in [3.05, 3.63) is 59.7 Å². The van der Waals surface area contributed by atoms with Crippen LogP contribution >= 0.6 is 0 Å². The summed E-state index contributed by atoms with van der Waals surface area (Å²) in [4.78, 5) is 36.3. The van der Waals surface area contributed by atoms with Gasteiger partial charge in [0.15, 0.2) is 0 Å². The number of carboxylic acids is 1. The van der Waals surface area contributed by atoms with Crippen molar-refractivity contribution >= 4 is 18.0 Å². The molecule has 7 heteroatoms. The predicted molar refractivity (Wildman–Crippen MR) is 128 cm³/mol. The minimum Gasteiger partial charge on any atom is -0.481 e. The zero-order valence-corrected chi connectivity index (χ0v) is 19.5. The van der Waals surface area contributed by atoms with Gasteiger partial charge in [-0.1, -0.05) is 61.9 Å². The molecule has 7 nitrogen and oxygen atoms in total. The molecular formula is C27H32N2O5. The molecule has 0 saturated heterocycles. The summed E-state index contributed by atoms with van der Waals surface area (Å²) < 4.78 is 5.63. The Hall–Kier alpha value is -3.35. The lowest BCUT2D eigenvalue weighted by Gasteiger charge is -2.33. The minimum absolute atomic E-state index is 0.0378. The van der Waals surface area contributed by atoms with E-state index in [4.69, 9.17) is 9.84 Å². The van der Waals surface area contributed by atoms with Crippen molar-refractivity contribution in [3.8, 4) is 11.1 Å². The fourth-order valence-electron chi connectivity index (χ4n) is 4.79. The number of alkyl carbamates (subject to hydrolysis) is 1. The summed E-state index contributed by atoms with van der Waals surface area (Å²) in [5.74, 6) is -0.988. The molecule has 1 fully saturated rings. The van der Waals surface area contributed by atoms with Crippen LogP contribution in [0, 0.1) is 11.8 Å². The largest absolute Gasteiger partial charge is 0.481 e. The van der Waals surface area contributed by atoms with Crippen LogP contribution in [0.2, 0.25) is 0 Å². The number of hydrogen-bond acceptors (Lipinski definition) is 4. The summed E-state index contributed by atoms with van der Waals surface area (Å²) in [6.07, 6.45) is 2.78. The first-order valence-electron chi connectivity index (χ1n) is 12.0. The number of fused-ring (bicyclic) bond motifs is 3. The van der Waals surface area contributed by atoms with Crippen molar-refractivity contribution in [3.63, 3.8) is 0 Å². The predicted octanol–water partition coefficient (Wildman–Crippen LogP) is 4.31. The smallest absolute Gasteiger partial charge is 0.407 e. The number of hydrogen-bond donors (Lipinski definition) is 3. The molecule has 0 heterocycles. The SMILES string of the molecule is CC(CCC(=O)O)CNC(=O)C(NC(=O)OCC1c2ccccc2-c2ccccc21)C1CCC1. The number of carbonyl (C=O) groups is 3. The summed E-state index contributed by atoms with van der Waals surface area (Å²) in [6, 6.07) is 15.7. The van der Waals surface area contributed by atoms with Crippen LogP contribution < -0.4 is 10.6 Å². The first-order chi connectivity index (χ1) is 16.4. The van der Waals surface area contributed by atoms with Gasteiger partial charge in [0, 0.05) is 18.9 Å². The van der Waals surface area contributed by atoms with E-state index >= 15 is 0 Å². The number of amides is 2. The van der Waals surface area contributed by atoms with Gasteiger partial charge in [-0.15, -0.1) is 0 Å². The summed E-state index contributed by atoms with van der Waals surface area (Å²) in [7, 11) is 0. The van der Waals surface area contributed by atoms with E-state index in [0.29, 0.717) is 13.0 Å². The molecule has 2 aliphatic rings. The molecular weight excluding hydrogens is 432 g/mol. The highest BCUT2D eigenvalue weighted by atomic mass is 16.5. The second-order valence-corrected chi connectivity index (χ2v) is 9.42. The molecule has 34 heavy (non-hydrogen) atoms. The highest BCUT2D eigenvalue weighted by molar-refractivity contribution is 5.86. The Labute approximate surface area is 199 Å². The Morgan fingerprint density at radius 3 is 2.21 bits per heavy atom. The zero-order chi connectivity index (χ0) is 24.1. The molecule has 2 aromatic rings. The molecule has 2 unspecified atom stereocenters. The Bertz CT molecular complexity index is 1000. The zero-order valence-electron chi connectivity index (χ0n) is 19.5. The van der Waals surface area contributed by atoms with Crippen molar-refractivity contribution < 1.29 is 24.2 Å². The molecule has 0 bridgehead atoms. The van der Waals surface area contributed by atoms with Crippen LogP contribution in [0.15, 0.2) is 48.5 Å². The number of benzene rings is 2. The molecule has 2 amide bonds. The van der Waals surface area contributed by atoms with E-state index < -0.39 is 18.1 Å². The number of ether oxygens (including phenoxy) is 1. The fraction of sp³-hybridized carbons (Fsp3) is 0.444. The van der Waals surface area contributed by atoms with E-state index in [-0.39, 0.29) is 36.7 Å². The van der Waals surface area contributed by atoms with Crippen LogP contribution in [0.5, 0.6) is 0 Å². The van der Waals surface area contributed by atoms with E-state index in [1.165, 1.54) is 0 Å². The van der Waals surface area contributed by atoms with Crippen LogP contribution in [0.4, 0.5) is 4.79 Å². The fourth-order valence-corrected chi connectivity index (χ4v) is 4.79. The van der Waals surface area contributed by atoms with Gasteiger partial charge >= 0.3 is 12.1 Å². The maximum atomic E-state index is 12.8. The van der Waals surface area contributed by atoms with Crippen LogP contribution in [-0.4, -0.2) is 42.3 Å². The van der Waals surface area contributed by atoms with E-state index in [9.17, 15) is 14.4 Å². The third kappa shape index (κ3) is 5.41. The summed E-state index contributed by atoms with van der Waals surface area (Å²) >= 11 is 0. The molecule has 0 aromatic heterocycles. The third-order valence-corrected chi connectivity index (χ3v) is 7.00. The number of aliphatic carboxylic acids is 1. The van der Waals surface area contributed by atoms with Crippen LogP contribution in [0.25, 0.3) is 11.1 Å². The summed E-state index contributed by atoms with van der Waals surface area (Å²) in [5, 5.41) is 14.5. The Kier molecular flexibility index (Phi) is 7.50. The second-order valence-electron chi connectivity index (χ2n) is 9.42. The van der Waals surface area contributed by atoms with E-state index in [1.54, 1.807) is 0 Å². The number of carbonyl (C=O) groups excluding carboxylic acids is 2. The van der Waals surface area contributed by atoms with Gasteiger partial charge in [-0.05, 0) is 53.4 Å². The van der Waals surface area contributed by atoms with Gasteiger partial charge in [-0.3, -0.25) is 9.59 Å².